The zero-order valence-corrected chi connectivity index (χ0v) is 14.5. The highest BCUT2D eigenvalue weighted by Gasteiger charge is 2.31. The molecule has 6 heteroatoms. The molecule has 2 N–H and O–H groups in total. The summed E-state index contributed by atoms with van der Waals surface area (Å²) < 4.78 is 0. The lowest BCUT2D eigenvalue weighted by Gasteiger charge is -2.20. The molecule has 1 aromatic carbocycles. The second-order valence-corrected chi connectivity index (χ2v) is 6.76. The minimum absolute atomic E-state index is 0.0927. The number of amides is 1. The normalized spacial score (nSPS) is 25.3. The van der Waals surface area contributed by atoms with Gasteiger partial charge in [0.1, 0.15) is 0 Å². The van der Waals surface area contributed by atoms with E-state index in [4.69, 9.17) is 0 Å². The van der Waals surface area contributed by atoms with Gasteiger partial charge < -0.3 is 20.4 Å². The summed E-state index contributed by atoms with van der Waals surface area (Å²) in [5, 5.41) is 6.80. The summed E-state index contributed by atoms with van der Waals surface area (Å²) >= 11 is 0. The van der Waals surface area contributed by atoms with E-state index in [0.29, 0.717) is 18.9 Å². The number of guanidine groups is 1. The summed E-state index contributed by atoms with van der Waals surface area (Å²) in [5.41, 5.74) is 0.962. The van der Waals surface area contributed by atoms with Gasteiger partial charge in [-0.15, -0.1) is 0 Å². The van der Waals surface area contributed by atoms with E-state index in [1.54, 1.807) is 7.05 Å². The van der Waals surface area contributed by atoms with E-state index in [1.807, 2.05) is 35.2 Å². The molecule has 6 nitrogen and oxygen atoms in total. The monoisotopic (exact) mass is 329 g/mol. The number of anilines is 1. The first-order valence-corrected chi connectivity index (χ1v) is 8.67. The van der Waals surface area contributed by atoms with E-state index >= 15 is 0 Å². The summed E-state index contributed by atoms with van der Waals surface area (Å²) in [4.78, 5) is 20.8. The predicted octanol–water partition coefficient (Wildman–Crippen LogP) is 0.909. The summed E-state index contributed by atoms with van der Waals surface area (Å²) in [7, 11) is 3.94. The van der Waals surface area contributed by atoms with Crippen LogP contribution in [0.1, 0.15) is 12.8 Å². The van der Waals surface area contributed by atoms with Crippen LogP contribution in [-0.4, -0.2) is 63.1 Å². The minimum atomic E-state index is 0.0927. The van der Waals surface area contributed by atoms with Crippen LogP contribution >= 0.6 is 0 Å². The van der Waals surface area contributed by atoms with E-state index < -0.39 is 0 Å². The van der Waals surface area contributed by atoms with Gasteiger partial charge in [0.15, 0.2) is 5.96 Å². The average molecular weight is 329 g/mol. The fourth-order valence-corrected chi connectivity index (χ4v) is 3.48. The van der Waals surface area contributed by atoms with Gasteiger partial charge in [0, 0.05) is 38.8 Å². The summed E-state index contributed by atoms with van der Waals surface area (Å²) in [5.74, 6) is 1.61. The third kappa shape index (κ3) is 4.06. The Morgan fingerprint density at radius 3 is 2.75 bits per heavy atom. The number of para-hydroxylation sites is 1. The van der Waals surface area contributed by atoms with Crippen molar-refractivity contribution >= 4 is 17.6 Å². The first-order valence-electron chi connectivity index (χ1n) is 8.67. The van der Waals surface area contributed by atoms with Crippen molar-refractivity contribution in [2.24, 2.45) is 10.9 Å². The van der Waals surface area contributed by atoms with Crippen molar-refractivity contribution in [3.05, 3.63) is 30.3 Å². The first kappa shape index (κ1) is 16.8. The van der Waals surface area contributed by atoms with Gasteiger partial charge in [0.25, 0.3) is 0 Å². The summed E-state index contributed by atoms with van der Waals surface area (Å²) in [6.07, 6.45) is 1.73. The van der Waals surface area contributed by atoms with Crippen LogP contribution in [-0.2, 0) is 4.79 Å². The van der Waals surface area contributed by atoms with Crippen LogP contribution in [0.25, 0.3) is 0 Å². The lowest BCUT2D eigenvalue weighted by atomic mass is 10.1. The third-order valence-electron chi connectivity index (χ3n) is 4.80. The van der Waals surface area contributed by atoms with Gasteiger partial charge in [-0.1, -0.05) is 18.2 Å². The van der Waals surface area contributed by atoms with Gasteiger partial charge in [-0.05, 0) is 38.1 Å². The van der Waals surface area contributed by atoms with Crippen LogP contribution in [0.15, 0.2) is 35.3 Å². The Morgan fingerprint density at radius 1 is 1.29 bits per heavy atom. The Kier molecular flexibility index (Phi) is 5.35. The zero-order chi connectivity index (χ0) is 16.9. The van der Waals surface area contributed by atoms with Gasteiger partial charge in [-0.3, -0.25) is 9.79 Å². The van der Waals surface area contributed by atoms with Crippen molar-refractivity contribution in [1.29, 1.82) is 0 Å². The van der Waals surface area contributed by atoms with Gasteiger partial charge in [0.2, 0.25) is 5.91 Å². The molecule has 2 fully saturated rings. The maximum atomic E-state index is 12.3. The fraction of sp³-hybridized carbons (Fsp3) is 0.556. The minimum Gasteiger partial charge on any atom is -0.356 e. The van der Waals surface area contributed by atoms with Crippen molar-refractivity contribution in [3.63, 3.8) is 0 Å². The van der Waals surface area contributed by atoms with E-state index in [-0.39, 0.29) is 11.9 Å². The van der Waals surface area contributed by atoms with E-state index in [0.717, 1.165) is 24.7 Å². The van der Waals surface area contributed by atoms with Crippen molar-refractivity contribution in [2.45, 2.75) is 18.9 Å². The lowest BCUT2D eigenvalue weighted by Crippen LogP contribution is -2.46. The van der Waals surface area contributed by atoms with Crippen LogP contribution in [0, 0.1) is 5.92 Å². The van der Waals surface area contributed by atoms with Gasteiger partial charge in [-0.2, -0.15) is 0 Å². The molecule has 0 aromatic heterocycles. The number of aliphatic imine (C=N–C) groups is 1. The molecule has 130 valence electrons. The molecule has 3 rings (SSSR count). The molecule has 0 aliphatic carbocycles. The predicted molar refractivity (Wildman–Crippen MR) is 97.3 cm³/mol. The van der Waals surface area contributed by atoms with Crippen molar-refractivity contribution in [3.8, 4) is 0 Å². The maximum Gasteiger partial charge on any atom is 0.229 e. The molecule has 2 heterocycles. The van der Waals surface area contributed by atoms with Crippen molar-refractivity contribution in [1.82, 2.24) is 15.5 Å². The number of benzene rings is 1. The van der Waals surface area contributed by atoms with Crippen LogP contribution in [0.5, 0.6) is 0 Å². The number of carbonyl (C=O) groups is 1. The molecular formula is C18H27N5O. The Hall–Kier alpha value is -2.08. The van der Waals surface area contributed by atoms with E-state index in [9.17, 15) is 4.79 Å². The number of carbonyl (C=O) groups excluding carboxylic acids is 1. The molecule has 0 radical (unpaired) electrons. The van der Waals surface area contributed by atoms with Crippen LogP contribution in [0.3, 0.4) is 0 Å². The fourth-order valence-electron chi connectivity index (χ4n) is 3.48. The van der Waals surface area contributed by atoms with E-state index in [2.05, 4.69) is 27.6 Å². The standard InChI is InChI=1S/C18H27N5O/c1-19-18(20-11-14-8-9-22(2)12-14)21-15-10-17(24)23(13-15)16-6-4-3-5-7-16/h3-7,14-15H,8-13H2,1-2H3,(H2,19,20,21). The Morgan fingerprint density at radius 2 is 2.08 bits per heavy atom. The highest BCUT2D eigenvalue weighted by atomic mass is 16.2. The Balaban J connectivity index is 1.51. The van der Waals surface area contributed by atoms with Crippen LogP contribution in [0.2, 0.25) is 0 Å². The molecule has 2 atom stereocenters. The Labute approximate surface area is 143 Å². The maximum absolute atomic E-state index is 12.3. The number of nitrogens with zero attached hydrogens (tertiary/aromatic N) is 3. The van der Waals surface area contributed by atoms with Crippen molar-refractivity contribution < 1.29 is 4.79 Å². The second kappa shape index (κ2) is 7.66. The molecule has 2 saturated heterocycles. The lowest BCUT2D eigenvalue weighted by molar-refractivity contribution is -0.117. The van der Waals surface area contributed by atoms with Crippen LogP contribution in [0.4, 0.5) is 5.69 Å². The molecular weight excluding hydrogens is 302 g/mol. The first-order chi connectivity index (χ1) is 11.7. The third-order valence-corrected chi connectivity index (χ3v) is 4.80. The number of hydrogen-bond acceptors (Lipinski definition) is 3. The second-order valence-electron chi connectivity index (χ2n) is 6.76. The topological polar surface area (TPSA) is 60.0 Å². The quantitative estimate of drug-likeness (QED) is 0.637. The zero-order valence-electron chi connectivity index (χ0n) is 14.5. The molecule has 2 aliphatic heterocycles. The van der Waals surface area contributed by atoms with Gasteiger partial charge in [-0.25, -0.2) is 0 Å². The number of nitrogens with one attached hydrogen (secondary N) is 2. The molecule has 2 aliphatic rings. The van der Waals surface area contributed by atoms with Gasteiger partial charge in [0.05, 0.1) is 6.04 Å². The van der Waals surface area contributed by atoms with Gasteiger partial charge >= 0.3 is 0 Å². The van der Waals surface area contributed by atoms with Crippen LogP contribution < -0.4 is 15.5 Å². The average Bonchev–Trinajstić information content (AvgIpc) is 3.17. The molecule has 0 bridgehead atoms. The summed E-state index contributed by atoms with van der Waals surface area (Å²) in [6.45, 7) is 3.90. The number of likely N-dealkylation sites (tertiary alicyclic amines) is 1. The smallest absolute Gasteiger partial charge is 0.229 e. The van der Waals surface area contributed by atoms with Crippen molar-refractivity contribution in [2.75, 3.05) is 45.2 Å². The van der Waals surface area contributed by atoms with E-state index in [1.165, 1.54) is 13.0 Å². The largest absolute Gasteiger partial charge is 0.356 e. The molecule has 1 aromatic rings. The molecule has 1 amide bonds. The highest BCUT2D eigenvalue weighted by Crippen LogP contribution is 2.21. The number of rotatable bonds is 4. The number of hydrogen-bond donors (Lipinski definition) is 2. The SMILES string of the molecule is CN=C(NCC1CCN(C)C1)NC1CC(=O)N(c2ccccc2)C1. The molecule has 0 saturated carbocycles. The molecule has 0 spiro atoms. The Bertz CT molecular complexity index is 588. The highest BCUT2D eigenvalue weighted by molar-refractivity contribution is 5.97. The molecule has 2 unspecified atom stereocenters. The summed E-state index contributed by atoms with van der Waals surface area (Å²) in [6, 6.07) is 9.93. The molecule has 24 heavy (non-hydrogen) atoms.